The molecule has 146 valence electrons. The lowest BCUT2D eigenvalue weighted by Crippen LogP contribution is -2.40. The number of nitrogens with zero attached hydrogens (tertiary/aromatic N) is 2. The molecule has 1 saturated heterocycles. The van der Waals surface area contributed by atoms with Crippen LogP contribution in [0.4, 0.5) is 0 Å². The summed E-state index contributed by atoms with van der Waals surface area (Å²) < 4.78 is 0. The number of nitrogens with two attached hydrogens (primary N) is 1. The van der Waals surface area contributed by atoms with E-state index in [-0.39, 0.29) is 24.2 Å². The predicted octanol–water partition coefficient (Wildman–Crippen LogP) is 3.18. The van der Waals surface area contributed by atoms with Gasteiger partial charge in [-0.15, -0.1) is 12.4 Å². The summed E-state index contributed by atoms with van der Waals surface area (Å²) in [5, 5.41) is 0. The lowest BCUT2D eigenvalue weighted by Gasteiger charge is -2.31. The first-order chi connectivity index (χ1) is 12.1. The van der Waals surface area contributed by atoms with Gasteiger partial charge in [0, 0.05) is 37.3 Å². The second-order valence-corrected chi connectivity index (χ2v) is 6.84. The van der Waals surface area contributed by atoms with Gasteiger partial charge in [0.2, 0.25) is 0 Å². The smallest absolute Gasteiger partial charge is 0.253 e. The van der Waals surface area contributed by atoms with Crippen LogP contribution >= 0.6 is 12.4 Å². The molecule has 2 rings (SSSR count). The number of carbonyl (C=O) groups is 2. The van der Waals surface area contributed by atoms with Crippen molar-refractivity contribution < 1.29 is 9.59 Å². The first-order valence-electron chi connectivity index (χ1n) is 9.49. The van der Waals surface area contributed by atoms with Crippen LogP contribution in [0.1, 0.15) is 60.2 Å². The Labute approximate surface area is 163 Å². The minimum Gasteiger partial charge on any atom is -0.339 e. The third-order valence-corrected chi connectivity index (χ3v) is 4.87. The van der Waals surface area contributed by atoms with Crippen LogP contribution in [0.2, 0.25) is 0 Å². The predicted molar refractivity (Wildman–Crippen MR) is 108 cm³/mol. The van der Waals surface area contributed by atoms with Gasteiger partial charge in [0.15, 0.2) is 0 Å². The summed E-state index contributed by atoms with van der Waals surface area (Å²) >= 11 is 0. The molecule has 0 atom stereocenters. The van der Waals surface area contributed by atoms with Gasteiger partial charge in [-0.1, -0.05) is 19.9 Å². The Morgan fingerprint density at radius 1 is 1.12 bits per heavy atom. The van der Waals surface area contributed by atoms with Gasteiger partial charge >= 0.3 is 0 Å². The Morgan fingerprint density at radius 2 is 1.69 bits per heavy atom. The van der Waals surface area contributed by atoms with Crippen molar-refractivity contribution in [3.05, 3.63) is 35.4 Å². The Hall–Kier alpha value is -1.59. The van der Waals surface area contributed by atoms with Gasteiger partial charge in [0.25, 0.3) is 11.8 Å². The number of halogens is 1. The fourth-order valence-corrected chi connectivity index (χ4v) is 3.38. The van der Waals surface area contributed by atoms with Gasteiger partial charge in [-0.2, -0.15) is 0 Å². The summed E-state index contributed by atoms with van der Waals surface area (Å²) in [5.74, 6) is 0.552. The molecule has 1 aromatic rings. The average molecular weight is 382 g/mol. The maximum Gasteiger partial charge on any atom is 0.253 e. The van der Waals surface area contributed by atoms with Crippen LogP contribution in [0.5, 0.6) is 0 Å². The van der Waals surface area contributed by atoms with Crippen LogP contribution in [0.3, 0.4) is 0 Å². The zero-order valence-corrected chi connectivity index (χ0v) is 16.8. The zero-order chi connectivity index (χ0) is 18.2. The van der Waals surface area contributed by atoms with Crippen molar-refractivity contribution in [1.29, 1.82) is 0 Å². The Kier molecular flexibility index (Phi) is 9.66. The topological polar surface area (TPSA) is 66.6 Å². The van der Waals surface area contributed by atoms with E-state index in [1.807, 2.05) is 15.9 Å². The van der Waals surface area contributed by atoms with Crippen LogP contribution < -0.4 is 5.73 Å². The molecular formula is C20H32ClN3O2. The molecule has 0 aliphatic carbocycles. The van der Waals surface area contributed by atoms with Crippen molar-refractivity contribution in [3.8, 4) is 0 Å². The molecule has 1 aliphatic rings. The molecule has 6 heteroatoms. The number of carbonyl (C=O) groups excluding carboxylic acids is 2. The number of hydrogen-bond acceptors (Lipinski definition) is 3. The molecule has 0 radical (unpaired) electrons. The van der Waals surface area contributed by atoms with Gasteiger partial charge in [-0.3, -0.25) is 9.59 Å². The van der Waals surface area contributed by atoms with E-state index in [0.29, 0.717) is 23.6 Å². The van der Waals surface area contributed by atoms with E-state index in [1.165, 1.54) is 0 Å². The van der Waals surface area contributed by atoms with Gasteiger partial charge in [0.05, 0.1) is 0 Å². The minimum absolute atomic E-state index is 0. The third kappa shape index (κ3) is 5.71. The summed E-state index contributed by atoms with van der Waals surface area (Å²) in [4.78, 5) is 29.3. The molecule has 0 spiro atoms. The van der Waals surface area contributed by atoms with E-state index < -0.39 is 0 Å². The van der Waals surface area contributed by atoms with Crippen molar-refractivity contribution in [1.82, 2.24) is 9.80 Å². The van der Waals surface area contributed by atoms with Crippen molar-refractivity contribution in [2.75, 3.05) is 32.7 Å². The SMILES string of the molecule is CCCN(CCC)C(=O)c1cccc(C(=O)N2CCC(CN)CC2)c1.Cl. The van der Waals surface area contributed by atoms with Gasteiger partial charge in [-0.25, -0.2) is 0 Å². The highest BCUT2D eigenvalue weighted by Crippen LogP contribution is 2.19. The van der Waals surface area contributed by atoms with E-state index in [2.05, 4.69) is 13.8 Å². The van der Waals surface area contributed by atoms with Crippen LogP contribution in [-0.2, 0) is 0 Å². The molecule has 26 heavy (non-hydrogen) atoms. The minimum atomic E-state index is 0. The van der Waals surface area contributed by atoms with Crippen molar-refractivity contribution in [2.45, 2.75) is 39.5 Å². The number of likely N-dealkylation sites (tertiary alicyclic amines) is 1. The van der Waals surface area contributed by atoms with Gasteiger partial charge in [-0.05, 0) is 56.3 Å². The monoisotopic (exact) mass is 381 g/mol. The molecule has 1 heterocycles. The number of piperidine rings is 1. The van der Waals surface area contributed by atoms with E-state index in [1.54, 1.807) is 18.2 Å². The maximum absolute atomic E-state index is 12.8. The highest BCUT2D eigenvalue weighted by Gasteiger charge is 2.24. The quantitative estimate of drug-likeness (QED) is 0.788. The molecule has 0 unspecified atom stereocenters. The first kappa shape index (κ1) is 22.5. The van der Waals surface area contributed by atoms with Crippen LogP contribution in [0.15, 0.2) is 24.3 Å². The average Bonchev–Trinajstić information content (AvgIpc) is 2.67. The van der Waals surface area contributed by atoms with Crippen LogP contribution in [-0.4, -0.2) is 54.3 Å². The maximum atomic E-state index is 12.8. The van der Waals surface area contributed by atoms with E-state index in [9.17, 15) is 9.59 Å². The molecule has 2 amide bonds. The van der Waals surface area contributed by atoms with Crippen molar-refractivity contribution >= 4 is 24.2 Å². The summed E-state index contributed by atoms with van der Waals surface area (Å²) in [6.07, 6.45) is 3.78. The molecule has 1 aromatic carbocycles. The van der Waals surface area contributed by atoms with Gasteiger partial charge in [0.1, 0.15) is 0 Å². The fraction of sp³-hybridized carbons (Fsp3) is 0.600. The largest absolute Gasteiger partial charge is 0.339 e. The third-order valence-electron chi connectivity index (χ3n) is 4.87. The summed E-state index contributed by atoms with van der Waals surface area (Å²) in [6.45, 7) is 7.82. The molecule has 0 aromatic heterocycles. The fourth-order valence-electron chi connectivity index (χ4n) is 3.38. The Morgan fingerprint density at radius 3 is 2.23 bits per heavy atom. The summed E-state index contributed by atoms with van der Waals surface area (Å²) in [5.41, 5.74) is 6.92. The number of hydrogen-bond donors (Lipinski definition) is 1. The standard InChI is InChI=1S/C20H31N3O2.ClH/c1-3-10-22(11-4-2)19(24)17-6-5-7-18(14-17)20(25)23-12-8-16(15-21)9-13-23;/h5-7,14,16H,3-4,8-13,15,21H2,1-2H3;1H. The number of amides is 2. The molecule has 2 N–H and O–H groups in total. The normalized spacial score (nSPS) is 14.7. The highest BCUT2D eigenvalue weighted by atomic mass is 35.5. The molecule has 0 bridgehead atoms. The molecule has 5 nitrogen and oxygen atoms in total. The molecule has 1 aliphatic heterocycles. The molecule has 1 fully saturated rings. The van der Waals surface area contributed by atoms with E-state index in [0.717, 1.165) is 51.9 Å². The Balaban J connectivity index is 0.00000338. The van der Waals surface area contributed by atoms with Crippen LogP contribution in [0, 0.1) is 5.92 Å². The summed E-state index contributed by atoms with van der Waals surface area (Å²) in [6, 6.07) is 7.16. The Bertz CT molecular complexity index is 580. The molecular weight excluding hydrogens is 350 g/mol. The number of benzene rings is 1. The highest BCUT2D eigenvalue weighted by molar-refractivity contribution is 5.99. The van der Waals surface area contributed by atoms with E-state index in [4.69, 9.17) is 5.73 Å². The molecule has 0 saturated carbocycles. The zero-order valence-electron chi connectivity index (χ0n) is 15.9. The second-order valence-electron chi connectivity index (χ2n) is 6.84. The van der Waals surface area contributed by atoms with Crippen LogP contribution in [0.25, 0.3) is 0 Å². The van der Waals surface area contributed by atoms with Crippen molar-refractivity contribution in [3.63, 3.8) is 0 Å². The number of rotatable bonds is 7. The summed E-state index contributed by atoms with van der Waals surface area (Å²) in [7, 11) is 0. The second kappa shape index (κ2) is 11.2. The van der Waals surface area contributed by atoms with E-state index >= 15 is 0 Å². The lowest BCUT2D eigenvalue weighted by atomic mass is 9.96. The first-order valence-corrected chi connectivity index (χ1v) is 9.49. The van der Waals surface area contributed by atoms with Crippen molar-refractivity contribution in [2.24, 2.45) is 11.7 Å². The lowest BCUT2D eigenvalue weighted by molar-refractivity contribution is 0.0693. The van der Waals surface area contributed by atoms with Gasteiger partial charge < -0.3 is 15.5 Å².